The van der Waals surface area contributed by atoms with Crippen LogP contribution in [0.1, 0.15) is 6.92 Å². The number of aryl methyl sites for hydroxylation is 1. The van der Waals surface area contributed by atoms with Gasteiger partial charge in [0, 0.05) is 19.8 Å². The average molecular weight is 125 g/mol. The molecule has 0 spiro atoms. The first-order valence-corrected chi connectivity index (χ1v) is 3.05. The van der Waals surface area contributed by atoms with Crippen LogP contribution in [0.5, 0.6) is 0 Å². The zero-order chi connectivity index (χ0) is 6.69. The summed E-state index contributed by atoms with van der Waals surface area (Å²) in [5.41, 5.74) is 1.08. The van der Waals surface area contributed by atoms with Gasteiger partial charge in [-0.15, -0.1) is 0 Å². The molecule has 0 aliphatic heterocycles. The second kappa shape index (κ2) is 2.53. The van der Waals surface area contributed by atoms with E-state index in [2.05, 4.69) is 17.3 Å². The summed E-state index contributed by atoms with van der Waals surface area (Å²) in [5, 5.41) is 7.13. The average Bonchev–Trinajstić information content (AvgIpc) is 2.17. The molecule has 1 aromatic heterocycles. The molecule has 1 rings (SSSR count). The lowest BCUT2D eigenvalue weighted by Gasteiger charge is -1.93. The molecule has 3 heteroatoms. The van der Waals surface area contributed by atoms with Crippen LogP contribution in [0.2, 0.25) is 0 Å². The van der Waals surface area contributed by atoms with Crippen LogP contribution in [-0.4, -0.2) is 16.3 Å². The maximum Gasteiger partial charge on any atom is 0.0726 e. The number of hydrogen-bond donors (Lipinski definition) is 1. The van der Waals surface area contributed by atoms with E-state index in [-0.39, 0.29) is 0 Å². The van der Waals surface area contributed by atoms with E-state index < -0.39 is 0 Å². The molecular weight excluding hydrogens is 114 g/mol. The monoisotopic (exact) mass is 125 g/mol. The highest BCUT2D eigenvalue weighted by atomic mass is 15.3. The largest absolute Gasteiger partial charge is 0.383 e. The Morgan fingerprint density at radius 3 is 3.00 bits per heavy atom. The fourth-order valence-corrected chi connectivity index (χ4v) is 0.717. The molecule has 0 amide bonds. The summed E-state index contributed by atoms with van der Waals surface area (Å²) in [7, 11) is 1.90. The zero-order valence-electron chi connectivity index (χ0n) is 5.76. The first-order chi connectivity index (χ1) is 4.33. The van der Waals surface area contributed by atoms with E-state index >= 15 is 0 Å². The van der Waals surface area contributed by atoms with Gasteiger partial charge in [0.05, 0.1) is 11.9 Å². The van der Waals surface area contributed by atoms with E-state index in [0.29, 0.717) is 0 Å². The molecule has 0 bridgehead atoms. The molecule has 0 aromatic carbocycles. The molecule has 0 aliphatic rings. The highest BCUT2D eigenvalue weighted by Gasteiger charge is 1.89. The smallest absolute Gasteiger partial charge is 0.0726 e. The predicted molar refractivity (Wildman–Crippen MR) is 37.4 cm³/mol. The molecule has 0 saturated heterocycles. The molecule has 0 fully saturated rings. The van der Waals surface area contributed by atoms with Crippen LogP contribution >= 0.6 is 0 Å². The van der Waals surface area contributed by atoms with Crippen LogP contribution < -0.4 is 5.32 Å². The van der Waals surface area contributed by atoms with Crippen LogP contribution in [0.3, 0.4) is 0 Å². The van der Waals surface area contributed by atoms with Crippen molar-refractivity contribution in [2.24, 2.45) is 7.05 Å². The van der Waals surface area contributed by atoms with Crippen molar-refractivity contribution >= 4 is 5.69 Å². The molecule has 0 atom stereocenters. The summed E-state index contributed by atoms with van der Waals surface area (Å²) in [6.07, 6.45) is 3.76. The minimum atomic E-state index is 0.950. The molecule has 1 aromatic rings. The first-order valence-electron chi connectivity index (χ1n) is 3.05. The van der Waals surface area contributed by atoms with Gasteiger partial charge >= 0.3 is 0 Å². The predicted octanol–water partition coefficient (Wildman–Crippen LogP) is 0.852. The molecule has 1 heterocycles. The molecule has 0 aliphatic carbocycles. The van der Waals surface area contributed by atoms with Crippen LogP contribution in [0, 0.1) is 0 Å². The third-order valence-corrected chi connectivity index (χ3v) is 1.09. The second-order valence-electron chi connectivity index (χ2n) is 1.93. The van der Waals surface area contributed by atoms with Gasteiger partial charge in [0.1, 0.15) is 0 Å². The normalized spacial score (nSPS) is 9.56. The Labute approximate surface area is 54.7 Å². The van der Waals surface area contributed by atoms with Crippen molar-refractivity contribution in [3.63, 3.8) is 0 Å². The Morgan fingerprint density at radius 2 is 2.56 bits per heavy atom. The van der Waals surface area contributed by atoms with Crippen molar-refractivity contribution in [3.05, 3.63) is 12.4 Å². The zero-order valence-corrected chi connectivity index (χ0v) is 5.76. The van der Waals surface area contributed by atoms with Gasteiger partial charge < -0.3 is 5.32 Å². The fraction of sp³-hybridized carbons (Fsp3) is 0.500. The van der Waals surface area contributed by atoms with E-state index in [1.54, 1.807) is 4.68 Å². The highest BCUT2D eigenvalue weighted by molar-refractivity contribution is 5.37. The van der Waals surface area contributed by atoms with Gasteiger partial charge in [0.2, 0.25) is 0 Å². The Hall–Kier alpha value is -0.990. The minimum Gasteiger partial charge on any atom is -0.383 e. The van der Waals surface area contributed by atoms with Gasteiger partial charge in [0.15, 0.2) is 0 Å². The second-order valence-corrected chi connectivity index (χ2v) is 1.93. The van der Waals surface area contributed by atoms with Crippen LogP contribution in [0.25, 0.3) is 0 Å². The number of hydrogen-bond acceptors (Lipinski definition) is 2. The van der Waals surface area contributed by atoms with Gasteiger partial charge in [-0.2, -0.15) is 5.10 Å². The summed E-state index contributed by atoms with van der Waals surface area (Å²) in [4.78, 5) is 0. The Kier molecular flexibility index (Phi) is 1.72. The molecule has 3 nitrogen and oxygen atoms in total. The quantitative estimate of drug-likeness (QED) is 0.635. The van der Waals surface area contributed by atoms with Crippen molar-refractivity contribution in [1.82, 2.24) is 9.78 Å². The van der Waals surface area contributed by atoms with Crippen molar-refractivity contribution in [3.8, 4) is 0 Å². The highest BCUT2D eigenvalue weighted by Crippen LogP contribution is 2.00. The lowest BCUT2D eigenvalue weighted by atomic mass is 10.5. The van der Waals surface area contributed by atoms with E-state index in [0.717, 1.165) is 12.2 Å². The maximum absolute atomic E-state index is 3.99. The summed E-state index contributed by atoms with van der Waals surface area (Å²) >= 11 is 0. The minimum absolute atomic E-state index is 0.950. The lowest BCUT2D eigenvalue weighted by Crippen LogP contribution is -1.93. The van der Waals surface area contributed by atoms with Crippen LogP contribution in [-0.2, 0) is 7.05 Å². The third-order valence-electron chi connectivity index (χ3n) is 1.09. The summed E-state index contributed by atoms with van der Waals surface area (Å²) in [6.45, 7) is 3.01. The Balaban J connectivity index is 2.61. The molecule has 9 heavy (non-hydrogen) atoms. The van der Waals surface area contributed by atoms with Crippen LogP contribution in [0.15, 0.2) is 12.4 Å². The molecule has 0 radical (unpaired) electrons. The molecule has 50 valence electrons. The van der Waals surface area contributed by atoms with E-state index in [1.165, 1.54) is 0 Å². The SMILES string of the molecule is CCNc1cnn(C)c1. The number of nitrogens with one attached hydrogen (secondary N) is 1. The molecule has 0 saturated carbocycles. The summed E-state index contributed by atoms with van der Waals surface area (Å²) < 4.78 is 1.78. The number of rotatable bonds is 2. The van der Waals surface area contributed by atoms with Crippen molar-refractivity contribution in [2.75, 3.05) is 11.9 Å². The van der Waals surface area contributed by atoms with Gasteiger partial charge in [-0.1, -0.05) is 0 Å². The van der Waals surface area contributed by atoms with Gasteiger partial charge in [-0.25, -0.2) is 0 Å². The maximum atomic E-state index is 3.99. The summed E-state index contributed by atoms with van der Waals surface area (Å²) in [5.74, 6) is 0. The van der Waals surface area contributed by atoms with Gasteiger partial charge in [0.25, 0.3) is 0 Å². The van der Waals surface area contributed by atoms with E-state index in [4.69, 9.17) is 0 Å². The molecule has 1 N–H and O–H groups in total. The van der Waals surface area contributed by atoms with Gasteiger partial charge in [-0.3, -0.25) is 4.68 Å². The first kappa shape index (κ1) is 6.13. The summed E-state index contributed by atoms with van der Waals surface area (Å²) in [6, 6.07) is 0. The Morgan fingerprint density at radius 1 is 1.78 bits per heavy atom. The number of anilines is 1. The van der Waals surface area contributed by atoms with Crippen molar-refractivity contribution in [1.29, 1.82) is 0 Å². The topological polar surface area (TPSA) is 29.9 Å². The van der Waals surface area contributed by atoms with Gasteiger partial charge in [-0.05, 0) is 6.92 Å². The standard InChI is InChI=1S/C6H11N3/c1-3-7-6-4-8-9(2)5-6/h4-5,7H,3H2,1-2H3. The van der Waals surface area contributed by atoms with Crippen LogP contribution in [0.4, 0.5) is 5.69 Å². The molecular formula is C6H11N3. The van der Waals surface area contributed by atoms with E-state index in [9.17, 15) is 0 Å². The lowest BCUT2D eigenvalue weighted by molar-refractivity contribution is 0.768. The van der Waals surface area contributed by atoms with E-state index in [1.807, 2.05) is 19.4 Å². The number of aromatic nitrogens is 2. The third kappa shape index (κ3) is 1.45. The van der Waals surface area contributed by atoms with Crippen molar-refractivity contribution < 1.29 is 0 Å². The number of nitrogens with zero attached hydrogens (tertiary/aromatic N) is 2. The Bertz CT molecular complexity index is 180. The molecule has 0 unspecified atom stereocenters. The fourth-order valence-electron chi connectivity index (χ4n) is 0.717. The van der Waals surface area contributed by atoms with Crippen molar-refractivity contribution in [2.45, 2.75) is 6.92 Å².